The average Bonchev–Trinajstić information content (AvgIpc) is 2.97. The van der Waals surface area contributed by atoms with Crippen molar-refractivity contribution in [2.45, 2.75) is 111 Å². The molecule has 4 aliphatic carbocycles. The molecule has 0 amide bonds. The van der Waals surface area contributed by atoms with E-state index in [0.29, 0.717) is 10.8 Å². The van der Waals surface area contributed by atoms with Gasteiger partial charge in [-0.05, 0) is 110 Å². The number of hydrogen-bond acceptors (Lipinski definition) is 1. The zero-order valence-electron chi connectivity index (χ0n) is 18.8. The third-order valence-corrected chi connectivity index (χ3v) is 10.6. The Bertz CT molecular complexity index is 526. The highest BCUT2D eigenvalue weighted by atomic mass is 16.3. The van der Waals surface area contributed by atoms with Crippen molar-refractivity contribution in [3.05, 3.63) is 0 Å². The minimum atomic E-state index is -0.00820. The van der Waals surface area contributed by atoms with Gasteiger partial charge in [-0.15, -0.1) is 0 Å². The maximum absolute atomic E-state index is 10.2. The molecule has 0 heterocycles. The summed E-state index contributed by atoms with van der Waals surface area (Å²) in [5, 5.41) is 10.2. The fraction of sp³-hybridized carbons (Fsp3) is 1.00. The maximum Gasteiger partial charge on any atom is 0.0543 e. The minimum absolute atomic E-state index is 0.00820. The van der Waals surface area contributed by atoms with Crippen molar-refractivity contribution in [3.63, 3.8) is 0 Å². The quantitative estimate of drug-likeness (QED) is 0.557. The van der Waals surface area contributed by atoms with Gasteiger partial charge in [-0.2, -0.15) is 0 Å². The molecule has 0 aromatic rings. The van der Waals surface area contributed by atoms with Crippen LogP contribution in [0.2, 0.25) is 0 Å². The Morgan fingerprint density at radius 2 is 1.52 bits per heavy atom. The molecule has 0 aliphatic heterocycles. The van der Waals surface area contributed by atoms with Crippen LogP contribution in [0.3, 0.4) is 0 Å². The number of aliphatic hydroxyl groups excluding tert-OH is 1. The van der Waals surface area contributed by atoms with Crippen molar-refractivity contribution in [1.29, 1.82) is 0 Å². The van der Waals surface area contributed by atoms with Gasteiger partial charge in [0.05, 0.1) is 6.10 Å². The van der Waals surface area contributed by atoms with E-state index < -0.39 is 0 Å². The standard InChI is InChI=1S/C26H46O/c1-17(2)6-7-18(3)22-10-11-23-21-9-8-19-16-20(27)12-14-25(19,4)24(21)13-15-26(22,23)5/h17-24,27H,6-16H2,1-5H3/t18-,19+,20+,21+,22-,23-,24-,25+,26-/m1/s1. The van der Waals surface area contributed by atoms with Crippen molar-refractivity contribution in [2.75, 3.05) is 0 Å². The Hall–Kier alpha value is -0.0400. The summed E-state index contributed by atoms with van der Waals surface area (Å²) in [6.45, 7) is 12.7. The number of rotatable bonds is 4. The third kappa shape index (κ3) is 3.32. The van der Waals surface area contributed by atoms with E-state index in [-0.39, 0.29) is 6.10 Å². The summed E-state index contributed by atoms with van der Waals surface area (Å²) in [4.78, 5) is 0. The van der Waals surface area contributed by atoms with Gasteiger partial charge in [-0.25, -0.2) is 0 Å². The third-order valence-electron chi connectivity index (χ3n) is 10.6. The van der Waals surface area contributed by atoms with Crippen molar-refractivity contribution in [2.24, 2.45) is 52.3 Å². The maximum atomic E-state index is 10.2. The van der Waals surface area contributed by atoms with Crippen LogP contribution in [0.5, 0.6) is 0 Å². The van der Waals surface area contributed by atoms with Gasteiger partial charge >= 0.3 is 0 Å². The Labute approximate surface area is 169 Å². The van der Waals surface area contributed by atoms with Gasteiger partial charge in [-0.3, -0.25) is 0 Å². The molecule has 4 saturated carbocycles. The molecule has 0 unspecified atom stereocenters. The van der Waals surface area contributed by atoms with Crippen molar-refractivity contribution < 1.29 is 5.11 Å². The van der Waals surface area contributed by atoms with E-state index in [9.17, 15) is 5.11 Å². The Balaban J connectivity index is 1.50. The fourth-order valence-corrected chi connectivity index (χ4v) is 9.01. The van der Waals surface area contributed by atoms with E-state index in [2.05, 4.69) is 34.6 Å². The van der Waals surface area contributed by atoms with Crippen LogP contribution in [0.4, 0.5) is 0 Å². The summed E-state index contributed by atoms with van der Waals surface area (Å²) in [7, 11) is 0. The predicted molar refractivity (Wildman–Crippen MR) is 114 cm³/mol. The zero-order chi connectivity index (χ0) is 19.4. The van der Waals surface area contributed by atoms with E-state index in [4.69, 9.17) is 0 Å². The molecule has 0 radical (unpaired) electrons. The van der Waals surface area contributed by atoms with Gasteiger partial charge in [0.25, 0.3) is 0 Å². The molecular formula is C26H46O. The SMILES string of the molecule is CC(C)CC[C@@H](C)[C@H]1CC[C@@H]2[C@@H]3CC[C@H]4C[C@@H](O)CC[C@]4(C)[C@@H]3CC[C@@]21C. The first kappa shape index (κ1) is 20.2. The molecule has 0 saturated heterocycles. The van der Waals surface area contributed by atoms with Crippen molar-refractivity contribution in [1.82, 2.24) is 0 Å². The smallest absolute Gasteiger partial charge is 0.0543 e. The highest BCUT2D eigenvalue weighted by Gasteiger charge is 2.60. The van der Waals surface area contributed by atoms with Gasteiger partial charge in [0.1, 0.15) is 0 Å². The molecule has 27 heavy (non-hydrogen) atoms. The average molecular weight is 375 g/mol. The second-order valence-electron chi connectivity index (χ2n) is 12.3. The van der Waals surface area contributed by atoms with E-state index in [1.54, 1.807) is 0 Å². The lowest BCUT2D eigenvalue weighted by Crippen LogP contribution is -2.54. The van der Waals surface area contributed by atoms with Gasteiger partial charge in [0, 0.05) is 0 Å². The van der Waals surface area contributed by atoms with Crippen LogP contribution in [0, 0.1) is 52.3 Å². The lowest BCUT2D eigenvalue weighted by atomic mass is 9.44. The lowest BCUT2D eigenvalue weighted by molar-refractivity contribution is -0.129. The van der Waals surface area contributed by atoms with Gasteiger partial charge in [0.15, 0.2) is 0 Å². The summed E-state index contributed by atoms with van der Waals surface area (Å²) in [5.41, 5.74) is 1.15. The summed E-state index contributed by atoms with van der Waals surface area (Å²) < 4.78 is 0. The van der Waals surface area contributed by atoms with Crippen molar-refractivity contribution in [3.8, 4) is 0 Å². The van der Waals surface area contributed by atoms with Crippen LogP contribution in [0.15, 0.2) is 0 Å². The number of fused-ring (bicyclic) bond motifs is 5. The minimum Gasteiger partial charge on any atom is -0.393 e. The molecule has 0 aromatic carbocycles. The highest BCUT2D eigenvalue weighted by molar-refractivity contribution is 5.09. The van der Waals surface area contributed by atoms with Crippen LogP contribution in [0.25, 0.3) is 0 Å². The molecule has 4 rings (SSSR count). The zero-order valence-corrected chi connectivity index (χ0v) is 18.8. The lowest BCUT2D eigenvalue weighted by Gasteiger charge is -2.61. The van der Waals surface area contributed by atoms with Crippen molar-refractivity contribution >= 4 is 0 Å². The highest BCUT2D eigenvalue weighted by Crippen LogP contribution is 2.68. The molecule has 0 bridgehead atoms. The topological polar surface area (TPSA) is 20.2 Å². The molecule has 9 atom stereocenters. The van der Waals surface area contributed by atoms with Crippen LogP contribution in [-0.4, -0.2) is 11.2 Å². The summed E-state index contributed by atoms with van der Waals surface area (Å²) in [6, 6.07) is 0. The monoisotopic (exact) mass is 374 g/mol. The molecule has 1 heteroatoms. The van der Waals surface area contributed by atoms with E-state index in [1.165, 1.54) is 57.8 Å². The van der Waals surface area contributed by atoms with E-state index >= 15 is 0 Å². The Kier molecular flexibility index (Phi) is 5.50. The first-order valence-corrected chi connectivity index (χ1v) is 12.4. The fourth-order valence-electron chi connectivity index (χ4n) is 9.01. The largest absolute Gasteiger partial charge is 0.393 e. The van der Waals surface area contributed by atoms with Crippen LogP contribution < -0.4 is 0 Å². The van der Waals surface area contributed by atoms with Gasteiger partial charge in [-0.1, -0.05) is 47.5 Å². The van der Waals surface area contributed by atoms with Crippen LogP contribution in [0.1, 0.15) is 105 Å². The van der Waals surface area contributed by atoms with Gasteiger partial charge in [0.2, 0.25) is 0 Å². The van der Waals surface area contributed by atoms with Crippen LogP contribution >= 0.6 is 0 Å². The molecule has 156 valence electrons. The summed E-state index contributed by atoms with van der Waals surface area (Å²) >= 11 is 0. The first-order chi connectivity index (χ1) is 12.8. The van der Waals surface area contributed by atoms with Gasteiger partial charge < -0.3 is 5.11 Å². The molecule has 0 aromatic heterocycles. The molecule has 0 spiro atoms. The molecular weight excluding hydrogens is 328 g/mol. The summed E-state index contributed by atoms with van der Waals surface area (Å²) in [5.74, 6) is 6.47. The van der Waals surface area contributed by atoms with E-state index in [1.807, 2.05) is 0 Å². The molecule has 4 aliphatic rings. The number of hydrogen-bond donors (Lipinski definition) is 1. The van der Waals surface area contributed by atoms with Crippen LogP contribution in [-0.2, 0) is 0 Å². The van der Waals surface area contributed by atoms with E-state index in [0.717, 1.165) is 54.3 Å². The number of aliphatic hydroxyl groups is 1. The second-order valence-corrected chi connectivity index (χ2v) is 12.3. The Morgan fingerprint density at radius 3 is 2.26 bits per heavy atom. The summed E-state index contributed by atoms with van der Waals surface area (Å²) in [6.07, 6.45) is 15.1. The predicted octanol–water partition coefficient (Wildman–Crippen LogP) is 7.08. The molecule has 1 N–H and O–H groups in total. The normalized spacial score (nSPS) is 50.8. The molecule has 4 fully saturated rings. The first-order valence-electron chi connectivity index (χ1n) is 12.4. The second kappa shape index (κ2) is 7.33. The molecule has 1 nitrogen and oxygen atoms in total. The Morgan fingerprint density at radius 1 is 0.815 bits per heavy atom.